The molecule has 2 heterocycles. The van der Waals surface area contributed by atoms with Crippen molar-refractivity contribution in [1.29, 1.82) is 0 Å². The summed E-state index contributed by atoms with van der Waals surface area (Å²) in [5.74, 6) is 0.556. The maximum atomic E-state index is 5.82. The smallest absolute Gasteiger partial charge is 0.151 e. The molecule has 0 aliphatic carbocycles. The number of rotatable bonds is 1. The Labute approximate surface area is 82.8 Å². The van der Waals surface area contributed by atoms with Gasteiger partial charge in [0.2, 0.25) is 0 Å². The summed E-state index contributed by atoms with van der Waals surface area (Å²) in [5.41, 5.74) is 10.4. The highest BCUT2D eigenvalue weighted by Crippen LogP contribution is 2.24. The van der Waals surface area contributed by atoms with Gasteiger partial charge in [0, 0.05) is 5.69 Å². The lowest BCUT2D eigenvalue weighted by molar-refractivity contribution is 0.865. The van der Waals surface area contributed by atoms with Crippen LogP contribution in [0.15, 0.2) is 6.33 Å². The van der Waals surface area contributed by atoms with Crippen LogP contribution < -0.4 is 5.73 Å². The fraction of sp³-hybridized carbons (Fsp3) is 0.400. The van der Waals surface area contributed by atoms with Gasteiger partial charge >= 0.3 is 0 Å². The zero-order valence-electron chi connectivity index (χ0n) is 8.70. The van der Waals surface area contributed by atoms with Crippen LogP contribution in [0.3, 0.4) is 0 Å². The molecule has 0 spiro atoms. The first-order chi connectivity index (χ1) is 6.66. The SMILES string of the molecule is CCc1c(C)c2c(N)ncnn2c1C. The van der Waals surface area contributed by atoms with Crippen LogP contribution in [0.2, 0.25) is 0 Å². The second-order valence-corrected chi connectivity index (χ2v) is 3.45. The Morgan fingerprint density at radius 1 is 1.43 bits per heavy atom. The van der Waals surface area contributed by atoms with Crippen molar-refractivity contribution in [2.45, 2.75) is 27.2 Å². The van der Waals surface area contributed by atoms with Crippen molar-refractivity contribution in [2.24, 2.45) is 0 Å². The van der Waals surface area contributed by atoms with Crippen molar-refractivity contribution in [3.05, 3.63) is 23.1 Å². The van der Waals surface area contributed by atoms with E-state index in [4.69, 9.17) is 5.73 Å². The van der Waals surface area contributed by atoms with Gasteiger partial charge in [-0.25, -0.2) is 9.50 Å². The van der Waals surface area contributed by atoms with Gasteiger partial charge < -0.3 is 5.73 Å². The van der Waals surface area contributed by atoms with Crippen molar-refractivity contribution in [3.63, 3.8) is 0 Å². The number of nitrogens with zero attached hydrogens (tertiary/aromatic N) is 3. The van der Waals surface area contributed by atoms with E-state index in [0.717, 1.165) is 17.6 Å². The van der Waals surface area contributed by atoms with Gasteiger partial charge in [-0.05, 0) is 31.4 Å². The Balaban J connectivity index is 2.94. The molecule has 0 aliphatic rings. The molecular weight excluding hydrogens is 176 g/mol. The molecule has 0 bridgehead atoms. The predicted octanol–water partition coefficient (Wildman–Crippen LogP) is 1.49. The summed E-state index contributed by atoms with van der Waals surface area (Å²) < 4.78 is 1.87. The summed E-state index contributed by atoms with van der Waals surface area (Å²) in [6.45, 7) is 6.27. The van der Waals surface area contributed by atoms with Crippen LogP contribution in [-0.2, 0) is 6.42 Å². The van der Waals surface area contributed by atoms with Crippen LogP contribution in [0.5, 0.6) is 0 Å². The number of nitrogen functional groups attached to an aromatic ring is 1. The van der Waals surface area contributed by atoms with Crippen molar-refractivity contribution < 1.29 is 0 Å². The van der Waals surface area contributed by atoms with Crippen LogP contribution in [0.1, 0.15) is 23.7 Å². The number of nitrogens with two attached hydrogens (primary N) is 1. The third-order valence-electron chi connectivity index (χ3n) is 2.73. The standard InChI is InChI=1S/C10H14N4/c1-4-8-6(2)9-10(11)12-5-13-14(9)7(8)3/h5H,4H2,1-3H3,(H2,11,12,13). The van der Waals surface area contributed by atoms with Gasteiger partial charge in [-0.2, -0.15) is 5.10 Å². The zero-order chi connectivity index (χ0) is 10.3. The van der Waals surface area contributed by atoms with Gasteiger partial charge in [0.1, 0.15) is 11.8 Å². The highest BCUT2D eigenvalue weighted by molar-refractivity contribution is 5.72. The third-order valence-corrected chi connectivity index (χ3v) is 2.73. The first kappa shape index (κ1) is 8.99. The molecule has 14 heavy (non-hydrogen) atoms. The second kappa shape index (κ2) is 2.97. The summed E-state index contributed by atoms with van der Waals surface area (Å²) in [4.78, 5) is 4.00. The van der Waals surface area contributed by atoms with Crippen LogP contribution in [0, 0.1) is 13.8 Å². The minimum Gasteiger partial charge on any atom is -0.382 e. The van der Waals surface area contributed by atoms with Crippen molar-refractivity contribution in [1.82, 2.24) is 14.6 Å². The summed E-state index contributed by atoms with van der Waals surface area (Å²) in [5, 5.41) is 4.20. The molecule has 0 aliphatic heterocycles. The Bertz CT molecular complexity index is 484. The van der Waals surface area contributed by atoms with E-state index in [2.05, 4.69) is 30.9 Å². The molecule has 0 unspecified atom stereocenters. The van der Waals surface area contributed by atoms with Gasteiger partial charge in [0.15, 0.2) is 5.82 Å². The van der Waals surface area contributed by atoms with Gasteiger partial charge in [0.05, 0.1) is 0 Å². The van der Waals surface area contributed by atoms with Crippen LogP contribution in [0.25, 0.3) is 5.52 Å². The predicted molar refractivity (Wildman–Crippen MR) is 56.3 cm³/mol. The van der Waals surface area contributed by atoms with Gasteiger partial charge in [-0.3, -0.25) is 0 Å². The van der Waals surface area contributed by atoms with Crippen molar-refractivity contribution >= 4 is 11.3 Å². The fourth-order valence-corrected chi connectivity index (χ4v) is 2.04. The van der Waals surface area contributed by atoms with Crippen LogP contribution in [-0.4, -0.2) is 14.6 Å². The number of aryl methyl sites for hydroxylation is 2. The molecule has 0 aromatic carbocycles. The van der Waals surface area contributed by atoms with E-state index in [-0.39, 0.29) is 0 Å². The normalized spacial score (nSPS) is 11.1. The topological polar surface area (TPSA) is 56.2 Å². The fourth-order valence-electron chi connectivity index (χ4n) is 2.04. The largest absolute Gasteiger partial charge is 0.382 e. The van der Waals surface area contributed by atoms with E-state index in [0.29, 0.717) is 5.82 Å². The van der Waals surface area contributed by atoms with Gasteiger partial charge in [-0.15, -0.1) is 0 Å². The molecule has 2 aromatic heterocycles. The summed E-state index contributed by atoms with van der Waals surface area (Å²) in [6.07, 6.45) is 2.49. The molecule has 2 aromatic rings. The van der Waals surface area contributed by atoms with Crippen LogP contribution >= 0.6 is 0 Å². The molecule has 0 amide bonds. The van der Waals surface area contributed by atoms with E-state index in [1.807, 2.05) is 4.52 Å². The molecule has 0 radical (unpaired) electrons. The monoisotopic (exact) mass is 190 g/mol. The lowest BCUT2D eigenvalue weighted by Gasteiger charge is -1.98. The maximum Gasteiger partial charge on any atom is 0.151 e. The molecule has 0 saturated carbocycles. The molecule has 4 nitrogen and oxygen atoms in total. The lowest BCUT2D eigenvalue weighted by Crippen LogP contribution is -2.00. The number of aromatic nitrogens is 3. The zero-order valence-corrected chi connectivity index (χ0v) is 8.70. The van der Waals surface area contributed by atoms with E-state index in [1.54, 1.807) is 0 Å². The molecule has 2 N–H and O–H groups in total. The Morgan fingerprint density at radius 3 is 2.71 bits per heavy atom. The first-order valence-electron chi connectivity index (χ1n) is 4.74. The minimum atomic E-state index is 0.556. The summed E-state index contributed by atoms with van der Waals surface area (Å²) in [7, 11) is 0. The molecule has 74 valence electrons. The molecular formula is C10H14N4. The maximum absolute atomic E-state index is 5.82. The Kier molecular flexibility index (Phi) is 1.91. The Hall–Kier alpha value is -1.58. The first-order valence-corrected chi connectivity index (χ1v) is 4.74. The molecule has 4 heteroatoms. The third kappa shape index (κ3) is 0.999. The molecule has 0 atom stereocenters. The van der Waals surface area contributed by atoms with Gasteiger partial charge in [-0.1, -0.05) is 6.92 Å². The van der Waals surface area contributed by atoms with Crippen molar-refractivity contribution in [2.75, 3.05) is 5.73 Å². The van der Waals surface area contributed by atoms with Crippen LogP contribution in [0.4, 0.5) is 5.82 Å². The Morgan fingerprint density at radius 2 is 2.14 bits per heavy atom. The van der Waals surface area contributed by atoms with E-state index in [9.17, 15) is 0 Å². The summed E-state index contributed by atoms with van der Waals surface area (Å²) in [6, 6.07) is 0. The molecule has 0 saturated heterocycles. The number of hydrogen-bond donors (Lipinski definition) is 1. The molecule has 0 fully saturated rings. The molecule has 2 rings (SSSR count). The lowest BCUT2D eigenvalue weighted by atomic mass is 10.1. The van der Waals surface area contributed by atoms with E-state index in [1.165, 1.54) is 17.5 Å². The highest BCUT2D eigenvalue weighted by atomic mass is 15.3. The van der Waals surface area contributed by atoms with Gasteiger partial charge in [0.25, 0.3) is 0 Å². The van der Waals surface area contributed by atoms with E-state index >= 15 is 0 Å². The minimum absolute atomic E-state index is 0.556. The van der Waals surface area contributed by atoms with Crippen molar-refractivity contribution in [3.8, 4) is 0 Å². The van der Waals surface area contributed by atoms with E-state index < -0.39 is 0 Å². The summed E-state index contributed by atoms with van der Waals surface area (Å²) >= 11 is 0. The number of fused-ring (bicyclic) bond motifs is 1. The quantitative estimate of drug-likeness (QED) is 0.741. The highest BCUT2D eigenvalue weighted by Gasteiger charge is 2.13. The second-order valence-electron chi connectivity index (χ2n) is 3.45. The average molecular weight is 190 g/mol. The average Bonchev–Trinajstić information content (AvgIpc) is 2.41. The number of anilines is 1. The number of hydrogen-bond acceptors (Lipinski definition) is 3.